The summed E-state index contributed by atoms with van der Waals surface area (Å²) in [6, 6.07) is 7.16. The molecule has 0 saturated carbocycles. The molecule has 0 unspecified atom stereocenters. The van der Waals surface area contributed by atoms with Crippen molar-refractivity contribution in [2.75, 3.05) is 0 Å². The third kappa shape index (κ3) is 1.26. The highest BCUT2D eigenvalue weighted by Gasteiger charge is 2.23. The minimum atomic E-state index is -0.582. The van der Waals surface area contributed by atoms with Gasteiger partial charge in [-0.15, -0.1) is 0 Å². The number of esters is 1. The Morgan fingerprint density at radius 3 is 2.92 bits per heavy atom. The lowest BCUT2D eigenvalue weighted by Crippen LogP contribution is -2.27. The van der Waals surface area contributed by atoms with E-state index >= 15 is 0 Å². The van der Waals surface area contributed by atoms with E-state index in [2.05, 4.69) is 5.16 Å². The van der Waals surface area contributed by atoms with Crippen LogP contribution in [0.15, 0.2) is 29.4 Å². The lowest BCUT2D eigenvalue weighted by molar-refractivity contribution is -0.127. The van der Waals surface area contributed by atoms with E-state index < -0.39 is 5.97 Å². The highest BCUT2D eigenvalue weighted by Crippen LogP contribution is 2.23. The topological polar surface area (TPSA) is 58.9 Å². The van der Waals surface area contributed by atoms with E-state index in [0.717, 1.165) is 5.56 Å². The Kier molecular flexibility index (Phi) is 1.73. The van der Waals surface area contributed by atoms with Crippen molar-refractivity contribution >= 4 is 11.7 Å². The fraction of sp³-hybridized carbons (Fsp3) is 0.111. The first-order valence-corrected chi connectivity index (χ1v) is 3.82. The van der Waals surface area contributed by atoms with Gasteiger partial charge in [-0.05, 0) is 6.07 Å². The van der Waals surface area contributed by atoms with Crippen molar-refractivity contribution in [1.29, 1.82) is 0 Å². The SMILES string of the molecule is O=C1Oc2ccccc2CC1=NO. The first kappa shape index (κ1) is 7.79. The average Bonchev–Trinajstić information content (AvgIpc) is 2.17. The molecule has 13 heavy (non-hydrogen) atoms. The number of fused-ring (bicyclic) bond motifs is 1. The molecule has 4 heteroatoms. The molecule has 0 atom stereocenters. The minimum Gasteiger partial charge on any atom is -0.422 e. The van der Waals surface area contributed by atoms with Crippen molar-refractivity contribution in [2.24, 2.45) is 5.16 Å². The summed E-state index contributed by atoms with van der Waals surface area (Å²) in [5, 5.41) is 11.3. The lowest BCUT2D eigenvalue weighted by atomic mass is 10.1. The van der Waals surface area contributed by atoms with Crippen LogP contribution in [0.1, 0.15) is 5.56 Å². The summed E-state index contributed by atoms with van der Waals surface area (Å²) < 4.78 is 4.91. The number of carbonyl (C=O) groups is 1. The van der Waals surface area contributed by atoms with E-state index in [1.807, 2.05) is 12.1 Å². The highest BCUT2D eigenvalue weighted by molar-refractivity contribution is 6.38. The number of hydrogen-bond donors (Lipinski definition) is 1. The number of benzene rings is 1. The number of ether oxygens (including phenoxy) is 1. The molecule has 1 aliphatic heterocycles. The van der Waals surface area contributed by atoms with Crippen LogP contribution >= 0.6 is 0 Å². The summed E-state index contributed by atoms with van der Waals surface area (Å²) in [5.41, 5.74) is 0.897. The molecular weight excluding hydrogens is 170 g/mol. The van der Waals surface area contributed by atoms with Crippen molar-refractivity contribution in [3.63, 3.8) is 0 Å². The van der Waals surface area contributed by atoms with Gasteiger partial charge in [-0.2, -0.15) is 0 Å². The summed E-state index contributed by atoms with van der Waals surface area (Å²) in [5.74, 6) is -0.0406. The first-order chi connectivity index (χ1) is 6.31. The van der Waals surface area contributed by atoms with Gasteiger partial charge in [0.2, 0.25) is 0 Å². The van der Waals surface area contributed by atoms with E-state index in [0.29, 0.717) is 12.2 Å². The number of hydrogen-bond acceptors (Lipinski definition) is 4. The van der Waals surface area contributed by atoms with Crippen LogP contribution in [0.4, 0.5) is 0 Å². The number of oxime groups is 1. The minimum absolute atomic E-state index is 0.0405. The molecule has 1 aromatic carbocycles. The molecule has 1 heterocycles. The Hall–Kier alpha value is -1.84. The van der Waals surface area contributed by atoms with Crippen molar-refractivity contribution in [2.45, 2.75) is 6.42 Å². The van der Waals surface area contributed by atoms with Crippen LogP contribution in [0.5, 0.6) is 5.75 Å². The van der Waals surface area contributed by atoms with Gasteiger partial charge in [-0.3, -0.25) is 0 Å². The molecule has 1 N–H and O–H groups in total. The molecule has 0 aliphatic carbocycles. The molecule has 0 fully saturated rings. The van der Waals surface area contributed by atoms with Crippen molar-refractivity contribution in [1.82, 2.24) is 0 Å². The maximum absolute atomic E-state index is 11.1. The summed E-state index contributed by atoms with van der Waals surface area (Å²) >= 11 is 0. The van der Waals surface area contributed by atoms with Crippen LogP contribution in [0.2, 0.25) is 0 Å². The van der Waals surface area contributed by atoms with Crippen LogP contribution in [0.3, 0.4) is 0 Å². The fourth-order valence-corrected chi connectivity index (χ4v) is 1.24. The molecule has 0 saturated heterocycles. The number of carbonyl (C=O) groups excluding carboxylic acids is 1. The Morgan fingerprint density at radius 1 is 1.38 bits per heavy atom. The van der Waals surface area contributed by atoms with Gasteiger partial charge in [0.05, 0.1) is 0 Å². The Labute approximate surface area is 74.4 Å². The molecule has 0 radical (unpaired) electrons. The van der Waals surface area contributed by atoms with Gasteiger partial charge >= 0.3 is 5.97 Å². The van der Waals surface area contributed by atoms with E-state index in [1.165, 1.54) is 0 Å². The van der Waals surface area contributed by atoms with Gasteiger partial charge in [0.15, 0.2) is 5.71 Å². The average molecular weight is 177 g/mol. The Balaban J connectivity index is 2.44. The second kappa shape index (κ2) is 2.90. The van der Waals surface area contributed by atoms with Crippen LogP contribution < -0.4 is 4.74 Å². The summed E-state index contributed by atoms with van der Waals surface area (Å²) in [6.07, 6.45) is 0.325. The van der Waals surface area contributed by atoms with Crippen molar-refractivity contribution in [3.05, 3.63) is 29.8 Å². The normalized spacial score (nSPS) is 18.2. The van der Waals surface area contributed by atoms with Crippen LogP contribution in [0, 0.1) is 0 Å². The Morgan fingerprint density at radius 2 is 2.15 bits per heavy atom. The number of nitrogens with zero attached hydrogens (tertiary/aromatic N) is 1. The van der Waals surface area contributed by atoms with Gasteiger partial charge in [0, 0.05) is 12.0 Å². The first-order valence-electron chi connectivity index (χ1n) is 3.82. The summed E-state index contributed by atoms with van der Waals surface area (Å²) in [6.45, 7) is 0. The molecule has 0 bridgehead atoms. The molecule has 0 aromatic heterocycles. The second-order valence-electron chi connectivity index (χ2n) is 2.72. The van der Waals surface area contributed by atoms with E-state index in [9.17, 15) is 4.79 Å². The smallest absolute Gasteiger partial charge is 0.361 e. The van der Waals surface area contributed by atoms with Crippen LogP contribution in [-0.4, -0.2) is 16.9 Å². The molecule has 4 nitrogen and oxygen atoms in total. The van der Waals surface area contributed by atoms with Crippen molar-refractivity contribution in [3.8, 4) is 5.75 Å². The third-order valence-electron chi connectivity index (χ3n) is 1.89. The molecule has 1 aliphatic rings. The molecule has 66 valence electrons. The molecule has 1 aromatic rings. The van der Waals surface area contributed by atoms with Crippen LogP contribution in [0.25, 0.3) is 0 Å². The van der Waals surface area contributed by atoms with Gasteiger partial charge in [-0.25, -0.2) is 4.79 Å². The van der Waals surface area contributed by atoms with Crippen molar-refractivity contribution < 1.29 is 14.7 Å². The van der Waals surface area contributed by atoms with E-state index in [-0.39, 0.29) is 5.71 Å². The zero-order valence-electron chi connectivity index (χ0n) is 6.73. The number of para-hydroxylation sites is 1. The summed E-state index contributed by atoms with van der Waals surface area (Å²) in [4.78, 5) is 11.1. The van der Waals surface area contributed by atoms with Gasteiger partial charge in [0.1, 0.15) is 5.75 Å². The molecule has 0 amide bonds. The van der Waals surface area contributed by atoms with Gasteiger partial charge in [0.25, 0.3) is 0 Å². The zero-order chi connectivity index (χ0) is 9.26. The maximum Gasteiger partial charge on any atom is 0.361 e. The van der Waals surface area contributed by atoms with Crippen LogP contribution in [-0.2, 0) is 11.2 Å². The molecular formula is C9H7NO3. The Bertz CT molecular complexity index is 384. The predicted octanol–water partition coefficient (Wildman–Crippen LogP) is 0.978. The fourth-order valence-electron chi connectivity index (χ4n) is 1.24. The lowest BCUT2D eigenvalue weighted by Gasteiger charge is -2.14. The largest absolute Gasteiger partial charge is 0.422 e. The molecule has 2 rings (SSSR count). The third-order valence-corrected chi connectivity index (χ3v) is 1.89. The zero-order valence-corrected chi connectivity index (χ0v) is 6.73. The maximum atomic E-state index is 11.1. The predicted molar refractivity (Wildman–Crippen MR) is 45.0 cm³/mol. The second-order valence-corrected chi connectivity index (χ2v) is 2.72. The molecule has 0 spiro atoms. The highest BCUT2D eigenvalue weighted by atomic mass is 16.5. The van der Waals surface area contributed by atoms with Gasteiger partial charge < -0.3 is 9.94 Å². The number of rotatable bonds is 0. The van der Waals surface area contributed by atoms with E-state index in [4.69, 9.17) is 9.94 Å². The quantitative estimate of drug-likeness (QED) is 0.278. The monoisotopic (exact) mass is 177 g/mol. The van der Waals surface area contributed by atoms with E-state index in [1.54, 1.807) is 12.1 Å². The standard InChI is InChI=1S/C9H7NO3/c11-9-7(10-12)5-6-3-1-2-4-8(6)13-9/h1-4,12H,5H2. The van der Waals surface area contributed by atoms with Gasteiger partial charge in [-0.1, -0.05) is 23.4 Å². The summed E-state index contributed by atoms with van der Waals surface area (Å²) in [7, 11) is 0.